The van der Waals surface area contributed by atoms with Crippen LogP contribution in [-0.2, 0) is 14.8 Å². The normalized spacial score (nSPS) is 17.5. The molecule has 0 spiro atoms. The van der Waals surface area contributed by atoms with Crippen LogP contribution in [0.3, 0.4) is 0 Å². The van der Waals surface area contributed by atoms with E-state index in [-0.39, 0.29) is 47.1 Å². The van der Waals surface area contributed by atoms with E-state index in [1.54, 1.807) is 26.8 Å². The summed E-state index contributed by atoms with van der Waals surface area (Å²) in [5.41, 5.74) is 2.55. The molecule has 1 aliphatic heterocycles. The number of nitrogens with one attached hydrogen (secondary N) is 1. The number of nitrogens with zero attached hydrogens (tertiary/aromatic N) is 4. The third-order valence-corrected chi connectivity index (χ3v) is 8.94. The van der Waals surface area contributed by atoms with Crippen LogP contribution < -0.4 is 4.72 Å². The molecule has 1 saturated heterocycles. The van der Waals surface area contributed by atoms with Crippen molar-refractivity contribution < 1.29 is 27.9 Å². The lowest BCUT2D eigenvalue weighted by Crippen LogP contribution is -2.47. The molecule has 1 fully saturated rings. The highest BCUT2D eigenvalue weighted by atomic mass is 35.5. The maximum absolute atomic E-state index is 14.0. The summed E-state index contributed by atoms with van der Waals surface area (Å²) >= 11 is 6.28. The first-order chi connectivity index (χ1) is 21.4. The summed E-state index contributed by atoms with van der Waals surface area (Å²) in [7, 11) is -4.25. The smallest absolute Gasteiger partial charge is 0.410 e. The molecule has 0 unspecified atom stereocenters. The molecule has 0 bridgehead atoms. The maximum atomic E-state index is 14.0. The minimum absolute atomic E-state index is 0.00468. The van der Waals surface area contributed by atoms with E-state index < -0.39 is 39.8 Å². The Morgan fingerprint density at radius 2 is 1.70 bits per heavy atom. The number of sulfonamides is 1. The number of benzene rings is 2. The van der Waals surface area contributed by atoms with Crippen molar-refractivity contribution in [1.82, 2.24) is 19.8 Å². The van der Waals surface area contributed by atoms with Gasteiger partial charge in [-0.1, -0.05) is 49.7 Å². The number of anilines is 1. The van der Waals surface area contributed by atoms with Crippen molar-refractivity contribution in [2.24, 2.45) is 5.92 Å². The minimum atomic E-state index is -4.25. The minimum Gasteiger partial charge on any atom is -0.444 e. The van der Waals surface area contributed by atoms with Crippen LogP contribution in [0.4, 0.5) is 10.7 Å². The van der Waals surface area contributed by atoms with Gasteiger partial charge in [-0.05, 0) is 76.3 Å². The highest BCUT2D eigenvalue weighted by molar-refractivity contribution is 7.92. The number of halogens is 1. The summed E-state index contributed by atoms with van der Waals surface area (Å²) in [4.78, 5) is 38.2. The number of rotatable bonds is 7. The lowest BCUT2D eigenvalue weighted by atomic mass is 10.00. The number of β-amino-alcohol motifs (C(OH)–C–C–N with tert-alkyl or cyclic N) is 1. The third kappa shape index (κ3) is 8.74. The fourth-order valence-electron chi connectivity index (χ4n) is 5.54. The van der Waals surface area contributed by atoms with Crippen LogP contribution >= 0.6 is 11.6 Å². The summed E-state index contributed by atoms with van der Waals surface area (Å²) in [5, 5.41) is 10.9. The van der Waals surface area contributed by atoms with Gasteiger partial charge in [-0.25, -0.2) is 27.9 Å². The van der Waals surface area contributed by atoms with Crippen LogP contribution in [0.5, 0.6) is 0 Å². The van der Waals surface area contributed by atoms with Crippen LogP contribution in [0.25, 0.3) is 11.3 Å². The zero-order chi connectivity index (χ0) is 34.0. The SMILES string of the molecule is Cc1cccc(C)c1-c1cc(Cl)nc(NS(=O)(=O)c2cccc(C(=O)N3C[C@@H](O)CN(C(=O)OC(C)(C)C)C[C@H]3CC(C)C)c2)n1. The summed E-state index contributed by atoms with van der Waals surface area (Å²) in [6.07, 6.45) is -1.06. The summed E-state index contributed by atoms with van der Waals surface area (Å²) in [6, 6.07) is 12.5. The van der Waals surface area contributed by atoms with Crippen LogP contribution in [0.2, 0.25) is 5.15 Å². The number of carbonyl (C=O) groups is 2. The van der Waals surface area contributed by atoms with Gasteiger partial charge in [-0.3, -0.25) is 4.79 Å². The molecule has 2 aromatic carbocycles. The Morgan fingerprint density at radius 1 is 1.04 bits per heavy atom. The van der Waals surface area contributed by atoms with Crippen molar-refractivity contribution in [3.63, 3.8) is 0 Å². The average molecular weight is 672 g/mol. The van der Waals surface area contributed by atoms with Crippen molar-refractivity contribution in [3.8, 4) is 11.3 Å². The first-order valence-corrected chi connectivity index (χ1v) is 17.0. The zero-order valence-electron chi connectivity index (χ0n) is 27.2. The number of aryl methyl sites for hydroxylation is 2. The number of hydrogen-bond donors (Lipinski definition) is 2. The summed E-state index contributed by atoms with van der Waals surface area (Å²) in [5.74, 6) is -0.515. The molecule has 3 aromatic rings. The number of carbonyl (C=O) groups excluding carboxylic acids is 2. The van der Waals surface area contributed by atoms with Crippen molar-refractivity contribution in [2.75, 3.05) is 24.4 Å². The largest absolute Gasteiger partial charge is 0.444 e. The first kappa shape index (κ1) is 35.1. The fourth-order valence-corrected chi connectivity index (χ4v) is 6.71. The van der Waals surface area contributed by atoms with Gasteiger partial charge in [0.2, 0.25) is 5.95 Å². The molecule has 11 nitrogen and oxygen atoms in total. The molecule has 0 radical (unpaired) electrons. The molecule has 0 aliphatic carbocycles. The second-order valence-corrected chi connectivity index (χ2v) is 15.1. The number of amides is 2. The number of hydrogen-bond acceptors (Lipinski definition) is 8. The van der Waals surface area contributed by atoms with Crippen molar-refractivity contribution >= 4 is 39.6 Å². The number of aliphatic hydroxyl groups is 1. The zero-order valence-corrected chi connectivity index (χ0v) is 28.8. The monoisotopic (exact) mass is 671 g/mol. The molecule has 4 rings (SSSR count). The van der Waals surface area contributed by atoms with Gasteiger partial charge in [-0.2, -0.15) is 0 Å². The summed E-state index contributed by atoms with van der Waals surface area (Å²) < 4.78 is 35.0. The van der Waals surface area contributed by atoms with Crippen LogP contribution in [0, 0.1) is 19.8 Å². The van der Waals surface area contributed by atoms with Gasteiger partial charge >= 0.3 is 6.09 Å². The Bertz CT molecular complexity index is 1690. The molecular weight excluding hydrogens is 630 g/mol. The highest BCUT2D eigenvalue weighted by Gasteiger charge is 2.36. The van der Waals surface area contributed by atoms with Gasteiger partial charge in [0.25, 0.3) is 15.9 Å². The molecule has 2 N–H and O–H groups in total. The second kappa shape index (κ2) is 13.9. The highest BCUT2D eigenvalue weighted by Crippen LogP contribution is 2.29. The van der Waals surface area contributed by atoms with Gasteiger partial charge in [0.05, 0.1) is 29.3 Å². The Kier molecular flexibility index (Phi) is 10.6. The van der Waals surface area contributed by atoms with E-state index in [1.807, 2.05) is 45.9 Å². The van der Waals surface area contributed by atoms with E-state index in [0.717, 1.165) is 16.7 Å². The average Bonchev–Trinajstić information content (AvgIpc) is 3.09. The number of aliphatic hydroxyl groups excluding tert-OH is 1. The van der Waals surface area contributed by atoms with Crippen molar-refractivity contribution in [2.45, 2.75) is 77.5 Å². The van der Waals surface area contributed by atoms with Crippen molar-refractivity contribution in [3.05, 3.63) is 70.4 Å². The van der Waals surface area contributed by atoms with E-state index in [9.17, 15) is 23.1 Å². The van der Waals surface area contributed by atoms with E-state index in [0.29, 0.717) is 12.1 Å². The molecule has 248 valence electrons. The van der Waals surface area contributed by atoms with Crippen LogP contribution in [0.1, 0.15) is 62.5 Å². The molecule has 46 heavy (non-hydrogen) atoms. The molecule has 13 heteroatoms. The van der Waals surface area contributed by atoms with Crippen LogP contribution in [-0.4, -0.2) is 82.7 Å². The molecule has 1 aliphatic rings. The van der Waals surface area contributed by atoms with E-state index >= 15 is 0 Å². The second-order valence-electron chi connectivity index (χ2n) is 13.1. The standard InChI is InChI=1S/C33H42ClN5O6S/c1-20(2)14-24-17-38(32(42)45-33(5,6)7)18-25(40)19-39(24)30(41)23-12-9-13-26(15-23)46(43,44)37-31-35-27(16-28(34)36-31)29-21(3)10-8-11-22(29)4/h8-13,15-16,20,24-25,40H,14,17-19H2,1-7H3,(H,35,36,37)/t24-,25+/m1/s1. The Labute approximate surface area is 276 Å². The van der Waals surface area contributed by atoms with E-state index in [2.05, 4.69) is 14.7 Å². The topological polar surface area (TPSA) is 142 Å². The Hall–Kier alpha value is -3.74. The summed E-state index contributed by atoms with van der Waals surface area (Å²) in [6.45, 7) is 13.3. The van der Waals surface area contributed by atoms with Gasteiger partial charge in [0, 0.05) is 30.3 Å². The molecule has 2 atom stereocenters. The fraction of sp³-hybridized carbons (Fsp3) is 0.455. The van der Waals surface area contributed by atoms with Gasteiger partial charge in [0.1, 0.15) is 10.8 Å². The number of aromatic nitrogens is 2. The molecule has 2 heterocycles. The van der Waals surface area contributed by atoms with Gasteiger partial charge < -0.3 is 19.6 Å². The van der Waals surface area contributed by atoms with Crippen molar-refractivity contribution in [1.29, 1.82) is 0 Å². The van der Waals surface area contributed by atoms with E-state index in [4.69, 9.17) is 16.3 Å². The molecule has 1 aromatic heterocycles. The van der Waals surface area contributed by atoms with E-state index in [1.165, 1.54) is 34.1 Å². The predicted molar refractivity (Wildman–Crippen MR) is 177 cm³/mol. The predicted octanol–water partition coefficient (Wildman–Crippen LogP) is 5.68. The van der Waals surface area contributed by atoms with Crippen LogP contribution in [0.15, 0.2) is 53.4 Å². The molecular formula is C33H42ClN5O6S. The quantitative estimate of drug-likeness (QED) is 0.306. The third-order valence-electron chi connectivity index (χ3n) is 7.42. The lowest BCUT2D eigenvalue weighted by molar-refractivity contribution is 0.0171. The first-order valence-electron chi connectivity index (χ1n) is 15.1. The van der Waals surface area contributed by atoms with Gasteiger partial charge in [0.15, 0.2) is 0 Å². The molecule has 0 saturated carbocycles. The lowest BCUT2D eigenvalue weighted by Gasteiger charge is -2.33. The Balaban J connectivity index is 1.62. The number of ether oxygens (including phenoxy) is 1. The Morgan fingerprint density at radius 3 is 2.33 bits per heavy atom. The van der Waals surface area contributed by atoms with Gasteiger partial charge in [-0.15, -0.1) is 0 Å². The molecule has 2 amide bonds. The maximum Gasteiger partial charge on any atom is 0.410 e.